The molecule has 21 heavy (non-hydrogen) atoms. The minimum absolute atomic E-state index is 0.663. The molecule has 2 nitrogen and oxygen atoms in total. The molecule has 0 radical (unpaired) electrons. The Balaban J connectivity index is 1.82. The Bertz CT molecular complexity index is 842. The van der Waals surface area contributed by atoms with E-state index in [2.05, 4.69) is 23.2 Å². The Hall–Kier alpha value is -2.87. The van der Waals surface area contributed by atoms with Crippen LogP contribution < -0.4 is 0 Å². The molecular formula is C19H13NO. The summed E-state index contributed by atoms with van der Waals surface area (Å²) in [7, 11) is 0. The Kier molecular flexibility index (Phi) is 2.79. The van der Waals surface area contributed by atoms with Crippen LogP contribution in [0.15, 0.2) is 83.3 Å². The lowest BCUT2D eigenvalue weighted by atomic mass is 10.1. The van der Waals surface area contributed by atoms with Crippen LogP contribution in [0.1, 0.15) is 0 Å². The molecule has 0 aliphatic carbocycles. The van der Waals surface area contributed by atoms with Gasteiger partial charge in [0, 0.05) is 5.56 Å². The summed E-state index contributed by atoms with van der Waals surface area (Å²) >= 11 is 0. The van der Waals surface area contributed by atoms with E-state index in [9.17, 15) is 0 Å². The van der Waals surface area contributed by atoms with Crippen LogP contribution in [-0.2, 0) is 0 Å². The molecular weight excluding hydrogens is 258 g/mol. The molecule has 0 unspecified atom stereocenters. The van der Waals surface area contributed by atoms with Crippen molar-refractivity contribution in [2.45, 2.75) is 0 Å². The highest BCUT2D eigenvalue weighted by Crippen LogP contribution is 2.28. The second-order valence-electron chi connectivity index (χ2n) is 4.93. The van der Waals surface area contributed by atoms with Gasteiger partial charge < -0.3 is 4.42 Å². The van der Waals surface area contributed by atoms with Crippen LogP contribution in [-0.4, -0.2) is 4.98 Å². The summed E-state index contributed by atoms with van der Waals surface area (Å²) < 4.78 is 5.91. The molecule has 0 N–H and O–H groups in total. The average Bonchev–Trinajstić information content (AvgIpc) is 2.99. The summed E-state index contributed by atoms with van der Waals surface area (Å²) in [5, 5.41) is 0. The Morgan fingerprint density at radius 2 is 1.29 bits per heavy atom. The molecule has 0 atom stereocenters. The van der Waals surface area contributed by atoms with Crippen molar-refractivity contribution in [2.24, 2.45) is 0 Å². The van der Waals surface area contributed by atoms with E-state index >= 15 is 0 Å². The minimum Gasteiger partial charge on any atom is -0.436 e. The van der Waals surface area contributed by atoms with Gasteiger partial charge in [0.2, 0.25) is 5.89 Å². The first-order valence-electron chi connectivity index (χ1n) is 6.91. The highest BCUT2D eigenvalue weighted by molar-refractivity contribution is 5.82. The summed E-state index contributed by atoms with van der Waals surface area (Å²) in [5.74, 6) is 0.663. The first-order valence-corrected chi connectivity index (χ1v) is 6.91. The standard InChI is InChI=1S/C19H13NO/c1-3-7-14(8-4-1)16-11-12-17-18(13-16)21-19(20-17)15-9-5-2-6-10-15/h1-13H. The molecule has 1 heterocycles. The quantitative estimate of drug-likeness (QED) is 0.503. The molecule has 0 bridgehead atoms. The van der Waals surface area contributed by atoms with Gasteiger partial charge in [0.15, 0.2) is 5.58 Å². The molecule has 0 spiro atoms. The highest BCUT2D eigenvalue weighted by Gasteiger charge is 2.08. The van der Waals surface area contributed by atoms with Crippen molar-refractivity contribution in [2.75, 3.05) is 0 Å². The number of hydrogen-bond acceptors (Lipinski definition) is 2. The first-order chi connectivity index (χ1) is 10.4. The van der Waals surface area contributed by atoms with Crippen molar-refractivity contribution in [1.29, 1.82) is 0 Å². The number of nitrogens with zero attached hydrogens (tertiary/aromatic N) is 1. The molecule has 0 fully saturated rings. The van der Waals surface area contributed by atoms with Gasteiger partial charge in [-0.3, -0.25) is 0 Å². The normalized spacial score (nSPS) is 10.9. The van der Waals surface area contributed by atoms with E-state index in [1.165, 1.54) is 5.56 Å². The third-order valence-electron chi connectivity index (χ3n) is 3.52. The lowest BCUT2D eigenvalue weighted by Crippen LogP contribution is -1.76. The van der Waals surface area contributed by atoms with Gasteiger partial charge in [-0.05, 0) is 35.4 Å². The van der Waals surface area contributed by atoms with Crippen molar-refractivity contribution in [1.82, 2.24) is 4.98 Å². The molecule has 2 heteroatoms. The second kappa shape index (κ2) is 4.91. The maximum absolute atomic E-state index is 5.91. The van der Waals surface area contributed by atoms with E-state index in [1.807, 2.05) is 60.7 Å². The van der Waals surface area contributed by atoms with Crippen LogP contribution >= 0.6 is 0 Å². The monoisotopic (exact) mass is 271 g/mol. The van der Waals surface area contributed by atoms with Crippen LogP contribution in [0.2, 0.25) is 0 Å². The van der Waals surface area contributed by atoms with Crippen molar-refractivity contribution in [3.05, 3.63) is 78.9 Å². The zero-order valence-corrected chi connectivity index (χ0v) is 11.4. The number of aromatic nitrogens is 1. The van der Waals surface area contributed by atoms with Gasteiger partial charge in [0.05, 0.1) is 0 Å². The maximum Gasteiger partial charge on any atom is 0.227 e. The zero-order valence-electron chi connectivity index (χ0n) is 11.4. The third-order valence-corrected chi connectivity index (χ3v) is 3.52. The Morgan fingerprint density at radius 3 is 2.00 bits per heavy atom. The smallest absolute Gasteiger partial charge is 0.227 e. The highest BCUT2D eigenvalue weighted by atomic mass is 16.3. The van der Waals surface area contributed by atoms with Crippen molar-refractivity contribution in [3.8, 4) is 22.6 Å². The van der Waals surface area contributed by atoms with Crippen LogP contribution in [0.5, 0.6) is 0 Å². The van der Waals surface area contributed by atoms with Crippen molar-refractivity contribution >= 4 is 11.1 Å². The lowest BCUT2D eigenvalue weighted by Gasteiger charge is -1.99. The number of hydrogen-bond donors (Lipinski definition) is 0. The first kappa shape index (κ1) is 11.9. The van der Waals surface area contributed by atoms with E-state index in [-0.39, 0.29) is 0 Å². The van der Waals surface area contributed by atoms with Gasteiger partial charge in [-0.15, -0.1) is 0 Å². The second-order valence-corrected chi connectivity index (χ2v) is 4.93. The summed E-state index contributed by atoms with van der Waals surface area (Å²) in [6.45, 7) is 0. The molecule has 100 valence electrons. The minimum atomic E-state index is 0.663. The van der Waals surface area contributed by atoms with E-state index in [1.54, 1.807) is 0 Å². The number of oxazole rings is 1. The van der Waals surface area contributed by atoms with Gasteiger partial charge >= 0.3 is 0 Å². The van der Waals surface area contributed by atoms with Gasteiger partial charge in [-0.1, -0.05) is 54.6 Å². The molecule has 0 aliphatic heterocycles. The fourth-order valence-corrected chi connectivity index (χ4v) is 2.44. The van der Waals surface area contributed by atoms with E-state index in [0.717, 1.165) is 22.2 Å². The van der Waals surface area contributed by atoms with Crippen LogP contribution in [0.25, 0.3) is 33.7 Å². The lowest BCUT2D eigenvalue weighted by molar-refractivity contribution is 0.620. The van der Waals surface area contributed by atoms with Gasteiger partial charge in [-0.25, -0.2) is 4.98 Å². The van der Waals surface area contributed by atoms with E-state index < -0.39 is 0 Å². The fourth-order valence-electron chi connectivity index (χ4n) is 2.44. The Morgan fingerprint density at radius 1 is 0.619 bits per heavy atom. The van der Waals surface area contributed by atoms with Crippen molar-refractivity contribution < 1.29 is 4.42 Å². The predicted molar refractivity (Wildman–Crippen MR) is 84.9 cm³/mol. The number of fused-ring (bicyclic) bond motifs is 1. The van der Waals surface area contributed by atoms with Gasteiger partial charge in [0.1, 0.15) is 5.52 Å². The molecule has 0 aliphatic rings. The topological polar surface area (TPSA) is 26.0 Å². The van der Waals surface area contributed by atoms with Crippen LogP contribution in [0, 0.1) is 0 Å². The molecule has 4 rings (SSSR count). The average molecular weight is 271 g/mol. The summed E-state index contributed by atoms with van der Waals surface area (Å²) in [4.78, 5) is 4.55. The molecule has 0 saturated carbocycles. The van der Waals surface area contributed by atoms with Crippen LogP contribution in [0.4, 0.5) is 0 Å². The third kappa shape index (κ3) is 2.21. The largest absolute Gasteiger partial charge is 0.436 e. The van der Waals surface area contributed by atoms with E-state index in [0.29, 0.717) is 5.89 Å². The number of rotatable bonds is 2. The maximum atomic E-state index is 5.91. The summed E-state index contributed by atoms with van der Waals surface area (Å²) in [5.41, 5.74) is 5.01. The molecule has 1 aromatic heterocycles. The summed E-state index contributed by atoms with van der Waals surface area (Å²) in [6, 6.07) is 26.4. The molecule has 3 aromatic carbocycles. The number of benzene rings is 3. The Labute approximate surface area is 122 Å². The molecule has 0 saturated heterocycles. The SMILES string of the molecule is c1ccc(-c2ccc3nc(-c4ccccc4)oc3c2)cc1. The van der Waals surface area contributed by atoms with Crippen LogP contribution in [0.3, 0.4) is 0 Å². The van der Waals surface area contributed by atoms with E-state index in [4.69, 9.17) is 4.42 Å². The zero-order chi connectivity index (χ0) is 14.1. The summed E-state index contributed by atoms with van der Waals surface area (Å²) in [6.07, 6.45) is 0. The van der Waals surface area contributed by atoms with Crippen molar-refractivity contribution in [3.63, 3.8) is 0 Å². The van der Waals surface area contributed by atoms with Gasteiger partial charge in [-0.2, -0.15) is 0 Å². The predicted octanol–water partition coefficient (Wildman–Crippen LogP) is 5.16. The molecule has 4 aromatic rings. The van der Waals surface area contributed by atoms with Gasteiger partial charge in [0.25, 0.3) is 0 Å². The molecule has 0 amide bonds. The fraction of sp³-hybridized carbons (Fsp3) is 0.